The highest BCUT2D eigenvalue weighted by Gasteiger charge is 2.60. The molecule has 3 saturated heterocycles. The quantitative estimate of drug-likeness (QED) is 0.177. The molecular weight excluding hydrogens is 831 g/mol. The van der Waals surface area contributed by atoms with Gasteiger partial charge in [0.25, 0.3) is 0 Å². The smallest absolute Gasteiger partial charge is 0.415 e. The van der Waals surface area contributed by atoms with Crippen LogP contribution in [0.3, 0.4) is 0 Å². The fourth-order valence-electron chi connectivity index (χ4n) is 7.20. The lowest BCUT2D eigenvalue weighted by molar-refractivity contribution is -0.875. The molecule has 2 aromatic carbocycles. The minimum atomic E-state index is -4.38. The molecule has 6 rings (SSSR count). The minimum Gasteiger partial charge on any atom is -0.415 e. The van der Waals surface area contributed by atoms with Crippen molar-refractivity contribution in [3.8, 4) is 0 Å². The van der Waals surface area contributed by atoms with E-state index in [0.29, 0.717) is 25.3 Å². The molecule has 1 unspecified atom stereocenters. The summed E-state index contributed by atoms with van der Waals surface area (Å²) >= 11 is 19.3. The van der Waals surface area contributed by atoms with Crippen LogP contribution in [0.1, 0.15) is 32.1 Å². The van der Waals surface area contributed by atoms with Gasteiger partial charge in [-0.05, 0) is 30.4 Å². The zero-order valence-electron chi connectivity index (χ0n) is 24.7. The third kappa shape index (κ3) is 6.26. The second-order valence-electron chi connectivity index (χ2n) is 12.0. The van der Waals surface area contributed by atoms with Gasteiger partial charge in [0.2, 0.25) is 20.0 Å². The summed E-state index contributed by atoms with van der Waals surface area (Å²) in [5.74, 6) is -2.31. The molecule has 0 radical (unpaired) electrons. The molecule has 3 aliphatic heterocycles. The maximum Gasteiger partial charge on any atom is 0.522 e. The Morgan fingerprint density at radius 2 is 1.38 bits per heavy atom. The van der Waals surface area contributed by atoms with E-state index in [2.05, 4.69) is 31.9 Å². The van der Waals surface area contributed by atoms with Gasteiger partial charge in [0, 0.05) is 69.9 Å². The summed E-state index contributed by atoms with van der Waals surface area (Å²) in [4.78, 5) is 13.5. The number of halogens is 6. The van der Waals surface area contributed by atoms with E-state index in [0.717, 1.165) is 21.6 Å². The van der Waals surface area contributed by atoms with Gasteiger partial charge in [-0.3, -0.25) is 0 Å². The Bertz CT molecular complexity index is 1900. The van der Waals surface area contributed by atoms with E-state index in [1.165, 1.54) is 16.4 Å². The van der Waals surface area contributed by atoms with Crippen molar-refractivity contribution in [3.05, 3.63) is 81.5 Å². The number of hydrogen-bond donors (Lipinski definition) is 0. The molecule has 3 fully saturated rings. The number of cyclic esters (lactones) is 1. The van der Waals surface area contributed by atoms with Crippen LogP contribution in [0, 0.1) is 11.6 Å². The van der Waals surface area contributed by atoms with E-state index in [1.807, 2.05) is 12.2 Å². The van der Waals surface area contributed by atoms with Gasteiger partial charge in [-0.2, -0.15) is 17.9 Å². The second kappa shape index (κ2) is 13.0. The number of quaternary nitrogens is 1. The molecule has 4 aliphatic rings. The van der Waals surface area contributed by atoms with Crippen molar-refractivity contribution < 1.29 is 39.6 Å². The first kappa shape index (κ1) is 35.4. The molecule has 0 N–H and O–H groups in total. The lowest BCUT2D eigenvalue weighted by Gasteiger charge is -2.53. The summed E-state index contributed by atoms with van der Waals surface area (Å²) < 4.78 is 90.1. The number of piperidine rings is 2. The molecule has 17 heteroatoms. The Balaban J connectivity index is 1.31. The van der Waals surface area contributed by atoms with Gasteiger partial charge >= 0.3 is 6.09 Å². The third-order valence-corrected chi connectivity index (χ3v) is 15.1. The highest BCUT2D eigenvalue weighted by molar-refractivity contribution is 9.25. The summed E-state index contributed by atoms with van der Waals surface area (Å²) in [6.45, 7) is 0.247. The number of carbonyl (C=O) groups is 1. The van der Waals surface area contributed by atoms with Crippen LogP contribution in [0.25, 0.3) is 0 Å². The standard InChI is InChI=1S/C30H30Br2Cl2F2N3O6S2/c31-30(32)10-5-26-19(17-30)18-45-29(40)39(26,20-6-11-37(12-7-20)46(41,42)27-4-2-1-3-22(27)33)21-8-13-38(14-9-21)47(43,44)28-15-23(34)24(35)16-25(28)36/h1-5,15-17,20-21H,6-14,18H2/q+1. The lowest BCUT2D eigenvalue weighted by Crippen LogP contribution is -2.69. The van der Waals surface area contributed by atoms with Crippen LogP contribution < -0.4 is 0 Å². The van der Waals surface area contributed by atoms with Crippen LogP contribution in [-0.2, 0) is 24.8 Å². The molecule has 0 aromatic heterocycles. The predicted octanol–water partition coefficient (Wildman–Crippen LogP) is 6.95. The van der Waals surface area contributed by atoms with Crippen molar-refractivity contribution in [2.75, 3.05) is 32.8 Å². The van der Waals surface area contributed by atoms with E-state index in [1.54, 1.807) is 12.1 Å². The number of sulfonamides is 2. The van der Waals surface area contributed by atoms with E-state index >= 15 is 0 Å². The van der Waals surface area contributed by atoms with Crippen LogP contribution in [0.15, 0.2) is 69.6 Å². The largest absolute Gasteiger partial charge is 0.522 e. The van der Waals surface area contributed by atoms with Gasteiger partial charge in [0.05, 0.1) is 10.0 Å². The highest BCUT2D eigenvalue weighted by atomic mass is 79.9. The first-order chi connectivity index (χ1) is 22.1. The van der Waals surface area contributed by atoms with Crippen molar-refractivity contribution in [2.45, 2.75) is 57.2 Å². The molecule has 47 heavy (non-hydrogen) atoms. The number of hydrogen-bond acceptors (Lipinski definition) is 6. The number of fused-ring (bicyclic) bond motifs is 1. The van der Waals surface area contributed by atoms with Gasteiger partial charge in [-0.1, -0.05) is 67.2 Å². The van der Waals surface area contributed by atoms with E-state index < -0.39 is 57.0 Å². The molecule has 9 nitrogen and oxygen atoms in total. The first-order valence-electron chi connectivity index (χ1n) is 14.8. The lowest BCUT2D eigenvalue weighted by atomic mass is 9.88. The van der Waals surface area contributed by atoms with Gasteiger partial charge in [0.1, 0.15) is 49.0 Å². The first-order valence-corrected chi connectivity index (χ1v) is 20.1. The Kier molecular flexibility index (Phi) is 9.82. The van der Waals surface area contributed by atoms with Crippen molar-refractivity contribution in [3.63, 3.8) is 0 Å². The Hall–Kier alpha value is -1.43. The summed E-state index contributed by atoms with van der Waals surface area (Å²) in [5, 5.41) is -0.390. The summed E-state index contributed by atoms with van der Waals surface area (Å²) in [7, 11) is -8.28. The number of amides is 1. The van der Waals surface area contributed by atoms with E-state index in [4.69, 9.17) is 27.9 Å². The zero-order valence-corrected chi connectivity index (χ0v) is 31.0. The zero-order chi connectivity index (χ0) is 33.9. The number of alkyl halides is 2. The molecule has 0 saturated carbocycles. The molecule has 254 valence electrons. The summed E-state index contributed by atoms with van der Waals surface area (Å²) in [5.41, 5.74) is 1.56. The number of ether oxygens (including phenoxy) is 1. The molecule has 0 bridgehead atoms. The SMILES string of the molecule is O=C1OCC2=CC(Br)(Br)CC=C2[N+]1(C1CCN(S(=O)(=O)c2cc(Cl)c(F)cc2F)CC1)C1CCN(S(=O)(=O)c2ccccc2Cl)CC1. The van der Waals surface area contributed by atoms with E-state index in [-0.39, 0.29) is 66.1 Å². The molecular formula is C30H30Br2Cl2F2N3O6S2+. The number of allylic oxidation sites excluding steroid dienone is 2. The number of benzene rings is 2. The topological polar surface area (TPSA) is 101 Å². The number of carbonyl (C=O) groups excluding carboxylic acids is 1. The van der Waals surface area contributed by atoms with Gasteiger partial charge in [-0.15, -0.1) is 0 Å². The maximum atomic E-state index is 14.7. The van der Waals surface area contributed by atoms with Gasteiger partial charge < -0.3 is 4.74 Å². The molecule has 2 aromatic rings. The summed E-state index contributed by atoms with van der Waals surface area (Å²) in [6.07, 6.45) is 5.09. The van der Waals surface area contributed by atoms with Crippen molar-refractivity contribution in [1.82, 2.24) is 8.61 Å². The minimum absolute atomic E-state index is 0.0139. The monoisotopic (exact) mass is 858 g/mol. The second-order valence-corrected chi connectivity index (χ2v) is 20.5. The van der Waals surface area contributed by atoms with Crippen LogP contribution in [0.4, 0.5) is 13.6 Å². The van der Waals surface area contributed by atoms with Crippen molar-refractivity contribution in [1.29, 1.82) is 0 Å². The van der Waals surface area contributed by atoms with Crippen LogP contribution in [0.5, 0.6) is 0 Å². The maximum absolute atomic E-state index is 14.7. The molecule has 1 atom stereocenters. The fourth-order valence-corrected chi connectivity index (χ4v) is 11.8. The third-order valence-electron chi connectivity index (χ3n) is 9.38. The molecule has 1 aliphatic carbocycles. The Morgan fingerprint density at radius 1 is 0.830 bits per heavy atom. The normalized spacial score (nSPS) is 25.1. The van der Waals surface area contributed by atoms with Gasteiger partial charge in [-0.25, -0.2) is 25.6 Å². The highest BCUT2D eigenvalue weighted by Crippen LogP contribution is 2.49. The van der Waals surface area contributed by atoms with Crippen molar-refractivity contribution in [2.24, 2.45) is 0 Å². The number of rotatable bonds is 6. The fraction of sp³-hybridized carbons (Fsp3) is 0.433. The van der Waals surface area contributed by atoms with Gasteiger partial charge in [0.15, 0.2) is 0 Å². The average molecular weight is 861 g/mol. The van der Waals surface area contributed by atoms with E-state index in [9.17, 15) is 30.4 Å². The Labute approximate surface area is 299 Å². The summed E-state index contributed by atoms with van der Waals surface area (Å²) in [6, 6.07) is 6.65. The van der Waals surface area contributed by atoms with Crippen LogP contribution in [-0.4, -0.2) is 84.1 Å². The average Bonchev–Trinajstić information content (AvgIpc) is 3.03. The number of nitrogens with zero attached hydrogens (tertiary/aromatic N) is 3. The Morgan fingerprint density at radius 3 is 1.96 bits per heavy atom. The molecule has 1 amide bonds. The van der Waals surface area contributed by atoms with Crippen LogP contribution >= 0.6 is 55.1 Å². The van der Waals surface area contributed by atoms with Crippen molar-refractivity contribution >= 4 is 81.2 Å². The van der Waals surface area contributed by atoms with Crippen LogP contribution in [0.2, 0.25) is 10.0 Å². The predicted molar refractivity (Wildman–Crippen MR) is 179 cm³/mol. The molecule has 0 spiro atoms. The molecule has 3 heterocycles.